The standard InChI is InChI=1S/C17H13FN2O2S/c18-14-9-11-15(12-10-14)20(17-8-4-5-13-19-17)23(21,22)16-6-2-1-3-7-16/h1-13H. The first-order valence-electron chi connectivity index (χ1n) is 6.86. The zero-order valence-electron chi connectivity index (χ0n) is 12.0. The van der Waals surface area contributed by atoms with Crippen LogP contribution in [0.25, 0.3) is 0 Å². The van der Waals surface area contributed by atoms with Gasteiger partial charge in [-0.25, -0.2) is 22.1 Å². The van der Waals surface area contributed by atoms with Crippen LogP contribution in [0.4, 0.5) is 15.9 Å². The summed E-state index contributed by atoms with van der Waals surface area (Å²) in [4.78, 5) is 4.26. The molecule has 0 saturated carbocycles. The van der Waals surface area contributed by atoms with Crippen molar-refractivity contribution in [2.75, 3.05) is 4.31 Å². The molecule has 0 aliphatic carbocycles. The maximum absolute atomic E-state index is 13.2. The van der Waals surface area contributed by atoms with Gasteiger partial charge in [-0.3, -0.25) is 0 Å². The van der Waals surface area contributed by atoms with Crippen molar-refractivity contribution in [3.8, 4) is 0 Å². The fourth-order valence-corrected chi connectivity index (χ4v) is 3.61. The molecule has 2 aromatic carbocycles. The van der Waals surface area contributed by atoms with Crippen molar-refractivity contribution < 1.29 is 12.8 Å². The van der Waals surface area contributed by atoms with Crippen LogP contribution in [0.5, 0.6) is 0 Å². The van der Waals surface area contributed by atoms with Gasteiger partial charge in [-0.15, -0.1) is 0 Å². The summed E-state index contributed by atoms with van der Waals surface area (Å²) in [6.07, 6.45) is 1.51. The van der Waals surface area contributed by atoms with E-state index in [1.807, 2.05) is 0 Å². The zero-order chi connectivity index (χ0) is 16.3. The second kappa shape index (κ2) is 6.18. The van der Waals surface area contributed by atoms with Gasteiger partial charge in [0.05, 0.1) is 10.6 Å². The number of nitrogens with zero attached hydrogens (tertiary/aromatic N) is 2. The lowest BCUT2D eigenvalue weighted by Crippen LogP contribution is -2.27. The third kappa shape index (κ3) is 3.07. The number of sulfonamides is 1. The van der Waals surface area contributed by atoms with Gasteiger partial charge in [-0.1, -0.05) is 24.3 Å². The SMILES string of the molecule is O=S(=O)(c1ccccc1)N(c1ccc(F)cc1)c1ccccn1. The number of pyridine rings is 1. The van der Waals surface area contributed by atoms with Gasteiger partial charge in [0.15, 0.2) is 0 Å². The Balaban J connectivity index is 2.18. The molecule has 0 unspecified atom stereocenters. The van der Waals surface area contributed by atoms with Gasteiger partial charge < -0.3 is 0 Å². The van der Waals surface area contributed by atoms with E-state index in [4.69, 9.17) is 0 Å². The molecule has 0 aliphatic heterocycles. The fraction of sp³-hybridized carbons (Fsp3) is 0. The summed E-state index contributed by atoms with van der Waals surface area (Å²) >= 11 is 0. The summed E-state index contributed by atoms with van der Waals surface area (Å²) in [5.74, 6) is -0.199. The molecule has 0 fully saturated rings. The topological polar surface area (TPSA) is 50.3 Å². The average molecular weight is 328 g/mol. The lowest BCUT2D eigenvalue weighted by molar-refractivity contribution is 0.595. The summed E-state index contributed by atoms with van der Waals surface area (Å²) in [6.45, 7) is 0. The Morgan fingerprint density at radius 1 is 0.826 bits per heavy atom. The molecule has 116 valence electrons. The second-order valence-corrected chi connectivity index (χ2v) is 6.53. The summed E-state index contributed by atoms with van der Waals surface area (Å²) in [5.41, 5.74) is 0.314. The number of hydrogen-bond acceptors (Lipinski definition) is 3. The third-order valence-electron chi connectivity index (χ3n) is 3.20. The van der Waals surface area contributed by atoms with Gasteiger partial charge in [0.25, 0.3) is 10.0 Å². The highest BCUT2D eigenvalue weighted by Crippen LogP contribution is 2.30. The molecule has 3 aromatic rings. The molecular formula is C17H13FN2O2S. The molecule has 6 heteroatoms. The van der Waals surface area contributed by atoms with E-state index in [-0.39, 0.29) is 10.7 Å². The highest BCUT2D eigenvalue weighted by atomic mass is 32.2. The van der Waals surface area contributed by atoms with Gasteiger partial charge in [-0.2, -0.15) is 0 Å². The third-order valence-corrected chi connectivity index (χ3v) is 4.95. The van der Waals surface area contributed by atoms with Crippen molar-refractivity contribution in [3.05, 3.63) is 84.8 Å². The van der Waals surface area contributed by atoms with E-state index < -0.39 is 15.8 Å². The minimum absolute atomic E-state index is 0.134. The number of rotatable bonds is 4. The lowest BCUT2D eigenvalue weighted by atomic mass is 10.3. The van der Waals surface area contributed by atoms with Crippen molar-refractivity contribution >= 4 is 21.5 Å². The van der Waals surface area contributed by atoms with Crippen LogP contribution in [0, 0.1) is 5.82 Å². The van der Waals surface area contributed by atoms with E-state index in [1.54, 1.807) is 36.4 Å². The molecule has 4 nitrogen and oxygen atoms in total. The molecule has 0 bridgehead atoms. The quantitative estimate of drug-likeness (QED) is 0.733. The van der Waals surface area contributed by atoms with E-state index in [0.29, 0.717) is 5.69 Å². The Kier molecular flexibility index (Phi) is 4.08. The Morgan fingerprint density at radius 3 is 2.09 bits per heavy atom. The summed E-state index contributed by atoms with van der Waals surface area (Å²) in [6, 6.07) is 18.3. The van der Waals surface area contributed by atoms with Gasteiger partial charge in [0.2, 0.25) is 0 Å². The monoisotopic (exact) mass is 328 g/mol. The second-order valence-electron chi connectivity index (χ2n) is 4.75. The molecule has 0 saturated heterocycles. The first-order chi connectivity index (χ1) is 11.1. The summed E-state index contributed by atoms with van der Waals surface area (Å²) in [5, 5.41) is 0. The molecule has 23 heavy (non-hydrogen) atoms. The molecular weight excluding hydrogens is 315 g/mol. The van der Waals surface area contributed by atoms with Crippen LogP contribution in [0.2, 0.25) is 0 Å². The Morgan fingerprint density at radius 2 is 1.48 bits per heavy atom. The first-order valence-corrected chi connectivity index (χ1v) is 8.30. The predicted octanol–water partition coefficient (Wildman–Crippen LogP) is 3.75. The van der Waals surface area contributed by atoms with Crippen molar-refractivity contribution in [2.45, 2.75) is 4.90 Å². The molecule has 3 rings (SSSR count). The molecule has 0 spiro atoms. The van der Waals surface area contributed by atoms with Gasteiger partial charge >= 0.3 is 0 Å². The Hall–Kier alpha value is -2.73. The maximum atomic E-state index is 13.2. The normalized spacial score (nSPS) is 11.2. The predicted molar refractivity (Wildman–Crippen MR) is 86.4 cm³/mol. The highest BCUT2D eigenvalue weighted by Gasteiger charge is 2.27. The van der Waals surface area contributed by atoms with E-state index in [1.165, 1.54) is 42.6 Å². The van der Waals surface area contributed by atoms with Crippen molar-refractivity contribution in [2.24, 2.45) is 0 Å². The number of aromatic nitrogens is 1. The van der Waals surface area contributed by atoms with Gasteiger partial charge in [0, 0.05) is 6.20 Å². The van der Waals surface area contributed by atoms with E-state index in [0.717, 1.165) is 4.31 Å². The van der Waals surface area contributed by atoms with Crippen LogP contribution in [-0.2, 0) is 10.0 Å². The molecule has 1 heterocycles. The molecule has 1 aromatic heterocycles. The fourth-order valence-electron chi connectivity index (χ4n) is 2.14. The summed E-state index contributed by atoms with van der Waals surface area (Å²) in [7, 11) is -3.87. The maximum Gasteiger partial charge on any atom is 0.269 e. The molecule has 0 atom stereocenters. The van der Waals surface area contributed by atoms with Crippen molar-refractivity contribution in [3.63, 3.8) is 0 Å². The minimum Gasteiger partial charge on any atom is -0.238 e. The van der Waals surface area contributed by atoms with Crippen LogP contribution in [-0.4, -0.2) is 13.4 Å². The highest BCUT2D eigenvalue weighted by molar-refractivity contribution is 7.93. The van der Waals surface area contributed by atoms with Crippen LogP contribution in [0.3, 0.4) is 0 Å². The van der Waals surface area contributed by atoms with Crippen LogP contribution in [0.1, 0.15) is 0 Å². The van der Waals surface area contributed by atoms with Crippen LogP contribution in [0.15, 0.2) is 83.9 Å². The van der Waals surface area contributed by atoms with Crippen LogP contribution >= 0.6 is 0 Å². The number of anilines is 2. The van der Waals surface area contributed by atoms with Crippen molar-refractivity contribution in [1.29, 1.82) is 0 Å². The molecule has 0 aliphatic rings. The smallest absolute Gasteiger partial charge is 0.238 e. The molecule has 0 N–H and O–H groups in total. The summed E-state index contributed by atoms with van der Waals surface area (Å²) < 4.78 is 40.3. The van der Waals surface area contributed by atoms with Gasteiger partial charge in [-0.05, 0) is 48.5 Å². The zero-order valence-corrected chi connectivity index (χ0v) is 12.8. The molecule has 0 radical (unpaired) electrons. The lowest BCUT2D eigenvalue weighted by Gasteiger charge is -2.23. The number of hydrogen-bond donors (Lipinski definition) is 0. The average Bonchev–Trinajstić information content (AvgIpc) is 2.58. The first kappa shape index (κ1) is 15.2. The van der Waals surface area contributed by atoms with Gasteiger partial charge in [0.1, 0.15) is 11.6 Å². The Bertz CT molecular complexity index is 883. The van der Waals surface area contributed by atoms with Crippen LogP contribution < -0.4 is 4.31 Å². The minimum atomic E-state index is -3.87. The van der Waals surface area contributed by atoms with E-state index in [9.17, 15) is 12.8 Å². The molecule has 0 amide bonds. The Labute approximate surface area is 133 Å². The van der Waals surface area contributed by atoms with E-state index >= 15 is 0 Å². The largest absolute Gasteiger partial charge is 0.269 e. The van der Waals surface area contributed by atoms with E-state index in [2.05, 4.69) is 4.98 Å². The van der Waals surface area contributed by atoms with Crippen molar-refractivity contribution in [1.82, 2.24) is 4.98 Å². The number of halogens is 1. The number of benzene rings is 2.